The van der Waals surface area contributed by atoms with Gasteiger partial charge in [-0.25, -0.2) is 0 Å². The van der Waals surface area contributed by atoms with Crippen LogP contribution >= 0.6 is 11.6 Å². The monoisotopic (exact) mass is 283 g/mol. The molecule has 2 aromatic rings. The summed E-state index contributed by atoms with van der Waals surface area (Å²) in [6.07, 6.45) is 7.16. The molecular weight excluding hydrogens is 266 g/mol. The van der Waals surface area contributed by atoms with Crippen LogP contribution < -0.4 is 0 Å². The highest BCUT2D eigenvalue weighted by molar-refractivity contribution is 6.30. The molecule has 0 aromatic heterocycles. The van der Waals surface area contributed by atoms with Gasteiger partial charge in [0.1, 0.15) is 0 Å². The van der Waals surface area contributed by atoms with Crippen LogP contribution in [0.1, 0.15) is 24.0 Å². The van der Waals surface area contributed by atoms with Gasteiger partial charge in [-0.1, -0.05) is 41.9 Å². The molecule has 0 unspecified atom stereocenters. The summed E-state index contributed by atoms with van der Waals surface area (Å²) in [6, 6.07) is 16.0. The molecule has 0 amide bonds. The summed E-state index contributed by atoms with van der Waals surface area (Å²) in [4.78, 5) is 4.43. The van der Waals surface area contributed by atoms with Crippen molar-refractivity contribution in [2.24, 2.45) is 4.99 Å². The zero-order valence-electron chi connectivity index (χ0n) is 11.4. The standard InChI is InChI=1S/C18H18ClN/c1-2-3-4-5-15-6-8-16(9-7-15)14-20-18-12-10-17(19)11-13-18/h2,6-14H,1,3-5H2. The van der Waals surface area contributed by atoms with Crippen molar-refractivity contribution in [3.63, 3.8) is 0 Å². The van der Waals surface area contributed by atoms with Gasteiger partial charge in [-0.3, -0.25) is 4.99 Å². The summed E-state index contributed by atoms with van der Waals surface area (Å²) >= 11 is 5.84. The van der Waals surface area contributed by atoms with Gasteiger partial charge in [0.05, 0.1) is 5.69 Å². The van der Waals surface area contributed by atoms with Crippen LogP contribution in [0.5, 0.6) is 0 Å². The second-order valence-corrected chi connectivity index (χ2v) is 5.09. The molecule has 0 heterocycles. The van der Waals surface area contributed by atoms with Crippen LogP contribution in [0.4, 0.5) is 5.69 Å². The average Bonchev–Trinajstić information content (AvgIpc) is 2.48. The fourth-order valence-electron chi connectivity index (χ4n) is 1.90. The number of rotatable bonds is 6. The van der Waals surface area contributed by atoms with E-state index in [1.807, 2.05) is 36.6 Å². The van der Waals surface area contributed by atoms with Crippen molar-refractivity contribution >= 4 is 23.5 Å². The van der Waals surface area contributed by atoms with Gasteiger partial charge in [-0.05, 0) is 54.7 Å². The first kappa shape index (κ1) is 14.5. The molecule has 0 radical (unpaired) electrons. The SMILES string of the molecule is C=CCCCc1ccc(C=Nc2ccc(Cl)cc2)cc1. The molecule has 0 saturated heterocycles. The Hall–Kier alpha value is -1.86. The lowest BCUT2D eigenvalue weighted by Crippen LogP contribution is -1.86. The highest BCUT2D eigenvalue weighted by Crippen LogP contribution is 2.16. The fourth-order valence-corrected chi connectivity index (χ4v) is 2.02. The number of benzene rings is 2. The van der Waals surface area contributed by atoms with Gasteiger partial charge in [-0.15, -0.1) is 6.58 Å². The minimum absolute atomic E-state index is 0.729. The van der Waals surface area contributed by atoms with Gasteiger partial charge in [0.15, 0.2) is 0 Å². The number of halogens is 1. The molecule has 0 spiro atoms. The van der Waals surface area contributed by atoms with E-state index in [0.29, 0.717) is 0 Å². The molecule has 0 aliphatic heterocycles. The molecule has 0 aliphatic rings. The normalized spacial score (nSPS) is 10.8. The molecule has 102 valence electrons. The van der Waals surface area contributed by atoms with E-state index in [2.05, 4.69) is 35.8 Å². The summed E-state index contributed by atoms with van der Waals surface area (Å²) in [7, 11) is 0. The maximum atomic E-state index is 5.84. The minimum Gasteiger partial charge on any atom is -0.256 e. The van der Waals surface area contributed by atoms with Crippen molar-refractivity contribution in [1.82, 2.24) is 0 Å². The van der Waals surface area contributed by atoms with Crippen molar-refractivity contribution in [3.05, 3.63) is 77.3 Å². The molecule has 0 N–H and O–H groups in total. The molecule has 1 nitrogen and oxygen atoms in total. The zero-order chi connectivity index (χ0) is 14.2. The van der Waals surface area contributed by atoms with Crippen LogP contribution in [-0.4, -0.2) is 6.21 Å². The van der Waals surface area contributed by atoms with E-state index in [1.54, 1.807) is 0 Å². The molecule has 2 heteroatoms. The van der Waals surface area contributed by atoms with Crippen LogP contribution in [0.25, 0.3) is 0 Å². The van der Waals surface area contributed by atoms with Crippen LogP contribution in [-0.2, 0) is 6.42 Å². The van der Waals surface area contributed by atoms with Gasteiger partial charge in [-0.2, -0.15) is 0 Å². The third-order valence-electron chi connectivity index (χ3n) is 3.04. The van der Waals surface area contributed by atoms with E-state index in [-0.39, 0.29) is 0 Å². The van der Waals surface area contributed by atoms with Crippen molar-refractivity contribution in [3.8, 4) is 0 Å². The molecule has 0 aliphatic carbocycles. The first-order chi connectivity index (χ1) is 9.78. The largest absolute Gasteiger partial charge is 0.256 e. The number of allylic oxidation sites excluding steroid dienone is 1. The van der Waals surface area contributed by atoms with Crippen molar-refractivity contribution in [2.75, 3.05) is 0 Å². The number of unbranched alkanes of at least 4 members (excludes halogenated alkanes) is 1. The third-order valence-corrected chi connectivity index (χ3v) is 3.29. The smallest absolute Gasteiger partial charge is 0.0630 e. The number of nitrogens with zero attached hydrogens (tertiary/aromatic N) is 1. The maximum absolute atomic E-state index is 5.84. The number of aliphatic imine (C=N–C) groups is 1. The highest BCUT2D eigenvalue weighted by Gasteiger charge is 1.94. The summed E-state index contributed by atoms with van der Waals surface area (Å²) in [5.41, 5.74) is 3.37. The lowest BCUT2D eigenvalue weighted by molar-refractivity contribution is 0.844. The maximum Gasteiger partial charge on any atom is 0.0630 e. The Morgan fingerprint density at radius 3 is 2.35 bits per heavy atom. The van der Waals surface area contributed by atoms with Gasteiger partial charge >= 0.3 is 0 Å². The van der Waals surface area contributed by atoms with Crippen LogP contribution in [0, 0.1) is 0 Å². The number of hydrogen-bond donors (Lipinski definition) is 0. The zero-order valence-corrected chi connectivity index (χ0v) is 12.2. The van der Waals surface area contributed by atoms with E-state index in [1.165, 1.54) is 5.56 Å². The van der Waals surface area contributed by atoms with Gasteiger partial charge in [0.25, 0.3) is 0 Å². The Kier molecular flexibility index (Phi) is 5.57. The molecule has 0 fully saturated rings. The fraction of sp³-hybridized carbons (Fsp3) is 0.167. The topological polar surface area (TPSA) is 12.4 Å². The number of hydrogen-bond acceptors (Lipinski definition) is 1. The van der Waals surface area contributed by atoms with E-state index in [0.717, 1.165) is 35.5 Å². The predicted molar refractivity (Wildman–Crippen MR) is 88.3 cm³/mol. The quantitative estimate of drug-likeness (QED) is 0.372. The highest BCUT2D eigenvalue weighted by atomic mass is 35.5. The van der Waals surface area contributed by atoms with Gasteiger partial charge in [0, 0.05) is 11.2 Å². The van der Waals surface area contributed by atoms with Crippen LogP contribution in [0.3, 0.4) is 0 Å². The Bertz CT molecular complexity index is 567. The summed E-state index contributed by atoms with van der Waals surface area (Å²) in [5, 5.41) is 0.729. The molecular formula is C18H18ClN. The molecule has 20 heavy (non-hydrogen) atoms. The van der Waals surface area contributed by atoms with E-state index >= 15 is 0 Å². The first-order valence-electron chi connectivity index (χ1n) is 6.77. The third kappa shape index (κ3) is 4.67. The molecule has 0 atom stereocenters. The lowest BCUT2D eigenvalue weighted by atomic mass is 10.1. The molecule has 2 rings (SSSR count). The predicted octanol–water partition coefficient (Wildman–Crippen LogP) is 5.60. The van der Waals surface area contributed by atoms with E-state index < -0.39 is 0 Å². The van der Waals surface area contributed by atoms with Gasteiger partial charge in [0.2, 0.25) is 0 Å². The average molecular weight is 284 g/mol. The van der Waals surface area contributed by atoms with E-state index in [9.17, 15) is 0 Å². The van der Waals surface area contributed by atoms with Gasteiger partial charge < -0.3 is 0 Å². The minimum atomic E-state index is 0.729. The Balaban J connectivity index is 1.96. The molecule has 0 saturated carbocycles. The lowest BCUT2D eigenvalue weighted by Gasteiger charge is -2.00. The Morgan fingerprint density at radius 1 is 1.00 bits per heavy atom. The second-order valence-electron chi connectivity index (χ2n) is 4.66. The van der Waals surface area contributed by atoms with Crippen molar-refractivity contribution in [2.45, 2.75) is 19.3 Å². The second kappa shape index (κ2) is 7.66. The summed E-state index contributed by atoms with van der Waals surface area (Å²) in [6.45, 7) is 3.74. The Labute approximate surface area is 125 Å². The molecule has 2 aromatic carbocycles. The number of aryl methyl sites for hydroxylation is 1. The summed E-state index contributed by atoms with van der Waals surface area (Å²) in [5.74, 6) is 0. The van der Waals surface area contributed by atoms with Crippen molar-refractivity contribution < 1.29 is 0 Å². The van der Waals surface area contributed by atoms with Crippen molar-refractivity contribution in [1.29, 1.82) is 0 Å². The Morgan fingerprint density at radius 2 is 1.70 bits per heavy atom. The molecule has 0 bridgehead atoms. The summed E-state index contributed by atoms with van der Waals surface area (Å²) < 4.78 is 0. The first-order valence-corrected chi connectivity index (χ1v) is 7.15. The van der Waals surface area contributed by atoms with E-state index in [4.69, 9.17) is 11.6 Å². The van der Waals surface area contributed by atoms with Crippen LogP contribution in [0.15, 0.2) is 66.2 Å². The van der Waals surface area contributed by atoms with Crippen LogP contribution in [0.2, 0.25) is 5.02 Å².